The molecule has 1 saturated carbocycles. The number of piperidine rings is 1. The zero-order valence-corrected chi connectivity index (χ0v) is 27.5. The molecule has 3 heterocycles. The SMILES string of the molecule is COC(OC)C1CCN(Cc2cc3c(c(C(F)(F)F)c2)CN(c2cccc(C4(Cc5nncn5C)CC(C#N)C4)c2)C3=O)C(C)(C)C1. The average molecular weight is 651 g/mol. The predicted molar refractivity (Wildman–Crippen MR) is 168 cm³/mol. The normalized spacial score (nSPS) is 24.3. The summed E-state index contributed by atoms with van der Waals surface area (Å²) in [5, 5.41) is 17.8. The second-order valence-electron chi connectivity index (χ2n) is 14.0. The standard InChI is InChI=1S/C35H41F3N6O3/c1-33(2)16-24(32(46-4)47-5)9-10-43(33)19-22-11-27-28(29(12-22)35(36,37)38)20-44(31(27)45)26-8-6-7-25(13-26)34(14-23(15-34)18-39)17-30-41-40-21-42(30)3/h6-8,11-13,21,23-24,32H,9-10,14-17,19-20H2,1-5H3. The number of fused-ring (bicyclic) bond motifs is 1. The van der Waals surface area contributed by atoms with Crippen LogP contribution >= 0.6 is 0 Å². The Morgan fingerprint density at radius 3 is 2.49 bits per heavy atom. The molecule has 250 valence electrons. The molecule has 47 heavy (non-hydrogen) atoms. The van der Waals surface area contributed by atoms with Crippen molar-refractivity contribution in [3.8, 4) is 6.07 Å². The highest BCUT2D eigenvalue weighted by molar-refractivity contribution is 6.10. The van der Waals surface area contributed by atoms with Gasteiger partial charge in [0, 0.05) is 68.3 Å². The first-order valence-corrected chi connectivity index (χ1v) is 16.0. The van der Waals surface area contributed by atoms with E-state index < -0.39 is 17.6 Å². The van der Waals surface area contributed by atoms with E-state index in [1.165, 1.54) is 11.0 Å². The van der Waals surface area contributed by atoms with Crippen LogP contribution in [-0.2, 0) is 47.6 Å². The fraction of sp³-hybridized carbons (Fsp3) is 0.543. The number of halogens is 3. The Morgan fingerprint density at radius 2 is 1.87 bits per heavy atom. The number of methoxy groups -OCH3 is 2. The second-order valence-corrected chi connectivity index (χ2v) is 14.0. The molecule has 0 bridgehead atoms. The zero-order valence-electron chi connectivity index (χ0n) is 27.5. The van der Waals surface area contributed by atoms with Gasteiger partial charge in [0.1, 0.15) is 12.2 Å². The smallest absolute Gasteiger partial charge is 0.356 e. The van der Waals surface area contributed by atoms with Crippen molar-refractivity contribution in [1.29, 1.82) is 5.26 Å². The highest BCUT2D eigenvalue weighted by Crippen LogP contribution is 2.50. The van der Waals surface area contributed by atoms with Gasteiger partial charge in [0.05, 0.1) is 18.2 Å². The molecule has 1 unspecified atom stereocenters. The Bertz CT molecular complexity index is 1690. The van der Waals surface area contributed by atoms with Gasteiger partial charge in [-0.1, -0.05) is 12.1 Å². The summed E-state index contributed by atoms with van der Waals surface area (Å²) in [5.74, 6) is 0.396. The van der Waals surface area contributed by atoms with Gasteiger partial charge >= 0.3 is 6.18 Å². The van der Waals surface area contributed by atoms with E-state index in [-0.39, 0.29) is 53.3 Å². The van der Waals surface area contributed by atoms with E-state index in [2.05, 4.69) is 35.0 Å². The van der Waals surface area contributed by atoms with Gasteiger partial charge in [0.2, 0.25) is 0 Å². The molecule has 6 rings (SSSR count). The van der Waals surface area contributed by atoms with Crippen LogP contribution in [0.25, 0.3) is 0 Å². The maximum Gasteiger partial charge on any atom is 0.416 e. The molecule has 12 heteroatoms. The fourth-order valence-electron chi connectivity index (χ4n) is 7.98. The second kappa shape index (κ2) is 12.3. The predicted octanol–water partition coefficient (Wildman–Crippen LogP) is 6.02. The summed E-state index contributed by atoms with van der Waals surface area (Å²) in [6, 6.07) is 12.7. The number of aromatic nitrogens is 3. The number of carbonyl (C=O) groups is 1. The highest BCUT2D eigenvalue weighted by Gasteiger charge is 2.47. The Labute approximate surface area is 273 Å². The molecule has 0 spiro atoms. The number of anilines is 1. The molecular formula is C35H41F3N6O3. The Morgan fingerprint density at radius 1 is 1.13 bits per heavy atom. The molecule has 1 aromatic heterocycles. The molecule has 0 radical (unpaired) electrons. The van der Waals surface area contributed by atoms with Crippen molar-refractivity contribution in [1.82, 2.24) is 19.7 Å². The molecule has 1 aliphatic carbocycles. The monoisotopic (exact) mass is 650 g/mol. The van der Waals surface area contributed by atoms with Crippen LogP contribution in [0.5, 0.6) is 0 Å². The van der Waals surface area contributed by atoms with Crippen LogP contribution in [0.4, 0.5) is 18.9 Å². The average Bonchev–Trinajstić information content (AvgIpc) is 3.57. The number of benzene rings is 2. The molecular weight excluding hydrogens is 609 g/mol. The van der Waals surface area contributed by atoms with Crippen LogP contribution < -0.4 is 4.90 Å². The van der Waals surface area contributed by atoms with Crippen molar-refractivity contribution < 1.29 is 27.4 Å². The quantitative estimate of drug-likeness (QED) is 0.262. The molecule has 1 amide bonds. The topological polar surface area (TPSA) is 96.5 Å². The molecule has 3 aliphatic rings. The number of rotatable bonds is 9. The van der Waals surface area contributed by atoms with Crippen LogP contribution in [-0.4, -0.2) is 58.2 Å². The molecule has 2 fully saturated rings. The minimum atomic E-state index is -4.62. The lowest BCUT2D eigenvalue weighted by atomic mass is 9.57. The first kappa shape index (κ1) is 33.1. The minimum absolute atomic E-state index is 0.000334. The van der Waals surface area contributed by atoms with E-state index in [1.807, 2.05) is 29.8 Å². The number of carbonyl (C=O) groups excluding carboxylic acids is 1. The van der Waals surface area contributed by atoms with Gasteiger partial charge < -0.3 is 18.9 Å². The number of amides is 1. The Hall–Kier alpha value is -3.79. The van der Waals surface area contributed by atoms with Crippen molar-refractivity contribution in [3.63, 3.8) is 0 Å². The van der Waals surface area contributed by atoms with Crippen molar-refractivity contribution in [3.05, 3.63) is 76.4 Å². The van der Waals surface area contributed by atoms with E-state index >= 15 is 0 Å². The van der Waals surface area contributed by atoms with E-state index in [9.17, 15) is 23.2 Å². The van der Waals surface area contributed by atoms with E-state index in [4.69, 9.17) is 9.47 Å². The fourth-order valence-corrected chi connectivity index (χ4v) is 7.98. The van der Waals surface area contributed by atoms with Crippen molar-refractivity contribution in [2.45, 2.75) is 82.5 Å². The number of nitriles is 1. The van der Waals surface area contributed by atoms with E-state index in [0.29, 0.717) is 37.1 Å². The van der Waals surface area contributed by atoms with Crippen molar-refractivity contribution >= 4 is 11.6 Å². The number of alkyl halides is 3. The number of hydrogen-bond donors (Lipinski definition) is 0. The lowest BCUT2D eigenvalue weighted by Gasteiger charge is -2.47. The summed E-state index contributed by atoms with van der Waals surface area (Å²) in [6.07, 6.45) is 0.0227. The van der Waals surface area contributed by atoms with Crippen LogP contribution in [0.15, 0.2) is 42.7 Å². The molecule has 9 nitrogen and oxygen atoms in total. The zero-order chi connectivity index (χ0) is 33.7. The van der Waals surface area contributed by atoms with Gasteiger partial charge in [-0.2, -0.15) is 18.4 Å². The largest absolute Gasteiger partial charge is 0.416 e. The Balaban J connectivity index is 1.28. The summed E-state index contributed by atoms with van der Waals surface area (Å²) in [4.78, 5) is 17.5. The molecule has 3 aromatic rings. The third-order valence-corrected chi connectivity index (χ3v) is 10.5. The lowest BCUT2D eigenvalue weighted by molar-refractivity contribution is -0.158. The number of hydrogen-bond acceptors (Lipinski definition) is 7. The van der Waals surface area contributed by atoms with Gasteiger partial charge in [-0.15, -0.1) is 10.2 Å². The number of aryl methyl sites for hydroxylation is 1. The van der Waals surface area contributed by atoms with Gasteiger partial charge in [-0.05, 0) is 87.0 Å². The van der Waals surface area contributed by atoms with Crippen molar-refractivity contribution in [2.75, 3.05) is 25.7 Å². The first-order chi connectivity index (χ1) is 22.3. The van der Waals surface area contributed by atoms with Gasteiger partial charge in [-0.3, -0.25) is 9.69 Å². The molecule has 1 saturated heterocycles. The van der Waals surface area contributed by atoms with Crippen LogP contribution in [0.1, 0.15) is 78.0 Å². The number of nitrogens with zero attached hydrogens (tertiary/aromatic N) is 6. The summed E-state index contributed by atoms with van der Waals surface area (Å²) in [6.45, 7) is 4.94. The maximum absolute atomic E-state index is 14.6. The summed E-state index contributed by atoms with van der Waals surface area (Å²) < 4.78 is 56.6. The van der Waals surface area contributed by atoms with Gasteiger partial charge in [0.15, 0.2) is 6.29 Å². The van der Waals surface area contributed by atoms with Crippen LogP contribution in [0.2, 0.25) is 0 Å². The third-order valence-electron chi connectivity index (χ3n) is 10.5. The summed E-state index contributed by atoms with van der Waals surface area (Å²) in [7, 11) is 5.10. The van der Waals surface area contributed by atoms with Crippen LogP contribution in [0, 0.1) is 23.2 Å². The maximum atomic E-state index is 14.6. The molecule has 2 aliphatic heterocycles. The van der Waals surface area contributed by atoms with Crippen molar-refractivity contribution in [2.24, 2.45) is 18.9 Å². The summed E-state index contributed by atoms with van der Waals surface area (Å²) >= 11 is 0. The number of likely N-dealkylation sites (tertiary alicyclic amines) is 1. The highest BCUT2D eigenvalue weighted by atomic mass is 19.4. The Kier molecular flexibility index (Phi) is 8.70. The minimum Gasteiger partial charge on any atom is -0.356 e. The molecule has 0 N–H and O–H groups in total. The third kappa shape index (κ3) is 6.17. The number of ether oxygens (including phenoxy) is 2. The van der Waals surface area contributed by atoms with Gasteiger partial charge in [-0.25, -0.2) is 0 Å². The first-order valence-electron chi connectivity index (χ1n) is 16.0. The van der Waals surface area contributed by atoms with Gasteiger partial charge in [0.25, 0.3) is 5.91 Å². The van der Waals surface area contributed by atoms with Crippen LogP contribution in [0.3, 0.4) is 0 Å². The lowest BCUT2D eigenvalue weighted by Crippen LogP contribution is -2.51. The van der Waals surface area contributed by atoms with E-state index in [0.717, 1.165) is 24.2 Å². The molecule has 1 atom stereocenters. The molecule has 2 aromatic carbocycles. The summed E-state index contributed by atoms with van der Waals surface area (Å²) in [5.41, 5.74) is 0.543. The van der Waals surface area contributed by atoms with E-state index in [1.54, 1.807) is 32.7 Å².